The molecular formula is C18H13NO4. The van der Waals surface area contributed by atoms with Crippen LogP contribution in [0.25, 0.3) is 6.08 Å². The zero-order valence-corrected chi connectivity index (χ0v) is 12.4. The molecule has 5 nitrogen and oxygen atoms in total. The Morgan fingerprint density at radius 3 is 2.65 bits per heavy atom. The molecule has 0 bridgehead atoms. The van der Waals surface area contributed by atoms with Crippen LogP contribution in [-0.4, -0.2) is 18.7 Å². The minimum Gasteiger partial charge on any atom is -0.454 e. The predicted octanol–water partition coefficient (Wildman–Crippen LogP) is 3.07. The molecule has 0 amide bonds. The third-order valence-corrected chi connectivity index (χ3v) is 3.62. The quantitative estimate of drug-likeness (QED) is 0.632. The van der Waals surface area contributed by atoms with Crippen molar-refractivity contribution in [3.8, 4) is 11.5 Å². The van der Waals surface area contributed by atoms with Gasteiger partial charge in [-0.25, -0.2) is 9.79 Å². The molecule has 0 fully saturated rings. The molecule has 2 heterocycles. The number of aliphatic imine (C=N–C) groups is 1. The van der Waals surface area contributed by atoms with Crippen LogP contribution in [0.2, 0.25) is 0 Å². The van der Waals surface area contributed by atoms with Crippen molar-refractivity contribution in [2.24, 2.45) is 4.99 Å². The molecule has 5 heteroatoms. The van der Waals surface area contributed by atoms with Gasteiger partial charge >= 0.3 is 5.97 Å². The van der Waals surface area contributed by atoms with E-state index in [1.54, 1.807) is 24.3 Å². The lowest BCUT2D eigenvalue weighted by Gasteiger charge is -2.01. The second kappa shape index (κ2) is 5.28. The average Bonchev–Trinajstić information content (AvgIpc) is 3.16. The van der Waals surface area contributed by atoms with Crippen LogP contribution in [0.4, 0.5) is 0 Å². The molecule has 114 valence electrons. The van der Waals surface area contributed by atoms with E-state index in [0.29, 0.717) is 17.1 Å². The standard InChI is InChI=1S/C18H13NO4/c1-11-2-4-12(5-3-11)8-14-18(20)23-17(19-14)13-6-7-15-16(9-13)22-10-21-15/h2-9H,10H2,1H3. The fourth-order valence-corrected chi connectivity index (χ4v) is 2.38. The highest BCUT2D eigenvalue weighted by atomic mass is 16.7. The van der Waals surface area contributed by atoms with Gasteiger partial charge in [0.05, 0.1) is 0 Å². The summed E-state index contributed by atoms with van der Waals surface area (Å²) in [5.41, 5.74) is 3.01. The molecule has 2 aliphatic heterocycles. The molecule has 0 aliphatic carbocycles. The number of fused-ring (bicyclic) bond motifs is 1. The summed E-state index contributed by atoms with van der Waals surface area (Å²) in [7, 11) is 0. The summed E-state index contributed by atoms with van der Waals surface area (Å²) in [6.45, 7) is 2.21. The lowest BCUT2D eigenvalue weighted by atomic mass is 10.1. The fourth-order valence-electron chi connectivity index (χ4n) is 2.38. The first kappa shape index (κ1) is 13.6. The Hall–Kier alpha value is -3.08. The van der Waals surface area contributed by atoms with Crippen molar-refractivity contribution in [2.75, 3.05) is 6.79 Å². The van der Waals surface area contributed by atoms with Gasteiger partial charge in [0.15, 0.2) is 17.2 Å². The molecular weight excluding hydrogens is 294 g/mol. The molecule has 2 aliphatic rings. The van der Waals surface area contributed by atoms with Crippen LogP contribution in [0.15, 0.2) is 53.2 Å². The highest BCUT2D eigenvalue weighted by molar-refractivity contribution is 6.13. The number of carbonyl (C=O) groups is 1. The van der Waals surface area contributed by atoms with E-state index in [-0.39, 0.29) is 18.4 Å². The average molecular weight is 307 g/mol. The summed E-state index contributed by atoms with van der Waals surface area (Å²) in [5.74, 6) is 1.11. The SMILES string of the molecule is Cc1ccc(C=C2N=C(c3ccc4c(c3)OCO4)OC2=O)cc1. The first-order valence-electron chi connectivity index (χ1n) is 7.18. The number of aryl methyl sites for hydroxylation is 1. The van der Waals surface area contributed by atoms with E-state index in [2.05, 4.69) is 4.99 Å². The Kier molecular flexibility index (Phi) is 3.12. The number of benzene rings is 2. The zero-order valence-electron chi connectivity index (χ0n) is 12.4. The molecule has 4 rings (SSSR count). The van der Waals surface area contributed by atoms with Crippen molar-refractivity contribution in [1.82, 2.24) is 0 Å². The first-order valence-corrected chi connectivity index (χ1v) is 7.18. The van der Waals surface area contributed by atoms with Gasteiger partial charge in [0, 0.05) is 5.56 Å². The number of cyclic esters (lactones) is 1. The van der Waals surface area contributed by atoms with E-state index >= 15 is 0 Å². The third-order valence-electron chi connectivity index (χ3n) is 3.62. The molecule has 2 aromatic carbocycles. The topological polar surface area (TPSA) is 57.1 Å². The maximum atomic E-state index is 12.0. The lowest BCUT2D eigenvalue weighted by molar-refractivity contribution is -0.129. The minimum absolute atomic E-state index is 0.198. The summed E-state index contributed by atoms with van der Waals surface area (Å²) >= 11 is 0. The van der Waals surface area contributed by atoms with Crippen LogP contribution in [0.5, 0.6) is 11.5 Å². The number of rotatable bonds is 2. The van der Waals surface area contributed by atoms with Gasteiger partial charge in [-0.05, 0) is 36.8 Å². The number of carbonyl (C=O) groups excluding carboxylic acids is 1. The fraction of sp³-hybridized carbons (Fsp3) is 0.111. The Morgan fingerprint density at radius 2 is 1.83 bits per heavy atom. The Morgan fingerprint density at radius 1 is 1.04 bits per heavy atom. The molecule has 0 aromatic heterocycles. The largest absolute Gasteiger partial charge is 0.454 e. The van der Waals surface area contributed by atoms with E-state index in [0.717, 1.165) is 11.1 Å². The van der Waals surface area contributed by atoms with Gasteiger partial charge in [-0.2, -0.15) is 0 Å². The maximum absolute atomic E-state index is 12.0. The van der Waals surface area contributed by atoms with Crippen LogP contribution in [0, 0.1) is 6.92 Å². The number of nitrogens with zero attached hydrogens (tertiary/aromatic N) is 1. The van der Waals surface area contributed by atoms with E-state index in [9.17, 15) is 4.79 Å². The van der Waals surface area contributed by atoms with Crippen LogP contribution < -0.4 is 9.47 Å². The summed E-state index contributed by atoms with van der Waals surface area (Å²) in [4.78, 5) is 16.3. The van der Waals surface area contributed by atoms with Crippen LogP contribution in [0.1, 0.15) is 16.7 Å². The van der Waals surface area contributed by atoms with Crippen molar-refractivity contribution in [3.63, 3.8) is 0 Å². The number of esters is 1. The van der Waals surface area contributed by atoms with Gasteiger partial charge in [0.25, 0.3) is 0 Å². The first-order chi connectivity index (χ1) is 11.2. The smallest absolute Gasteiger partial charge is 0.363 e. The number of hydrogen-bond acceptors (Lipinski definition) is 5. The zero-order chi connectivity index (χ0) is 15.8. The normalized spacial score (nSPS) is 17.3. The van der Waals surface area contributed by atoms with E-state index < -0.39 is 5.97 Å². The summed E-state index contributed by atoms with van der Waals surface area (Å²) < 4.78 is 15.9. The summed E-state index contributed by atoms with van der Waals surface area (Å²) in [6.07, 6.45) is 1.71. The molecule has 0 radical (unpaired) electrons. The molecule has 23 heavy (non-hydrogen) atoms. The summed E-state index contributed by atoms with van der Waals surface area (Å²) in [6, 6.07) is 13.1. The van der Waals surface area contributed by atoms with Crippen molar-refractivity contribution in [3.05, 3.63) is 64.9 Å². The van der Waals surface area contributed by atoms with E-state index in [4.69, 9.17) is 14.2 Å². The Labute approximate surface area is 132 Å². The van der Waals surface area contributed by atoms with Crippen LogP contribution >= 0.6 is 0 Å². The van der Waals surface area contributed by atoms with Crippen molar-refractivity contribution >= 4 is 17.9 Å². The molecule has 0 saturated heterocycles. The number of hydrogen-bond donors (Lipinski definition) is 0. The third kappa shape index (κ3) is 2.57. The summed E-state index contributed by atoms with van der Waals surface area (Å²) in [5, 5.41) is 0. The highest BCUT2D eigenvalue weighted by Gasteiger charge is 2.25. The Bertz CT molecular complexity index is 850. The predicted molar refractivity (Wildman–Crippen MR) is 84.4 cm³/mol. The minimum atomic E-state index is -0.460. The monoisotopic (exact) mass is 307 g/mol. The van der Waals surface area contributed by atoms with Gasteiger partial charge in [0.1, 0.15) is 0 Å². The molecule has 0 unspecified atom stereocenters. The maximum Gasteiger partial charge on any atom is 0.363 e. The molecule has 0 saturated carbocycles. The van der Waals surface area contributed by atoms with Crippen LogP contribution in [-0.2, 0) is 9.53 Å². The molecule has 2 aromatic rings. The van der Waals surface area contributed by atoms with Gasteiger partial charge in [-0.1, -0.05) is 29.8 Å². The molecule has 0 N–H and O–H groups in total. The van der Waals surface area contributed by atoms with Gasteiger partial charge in [0.2, 0.25) is 12.7 Å². The van der Waals surface area contributed by atoms with Crippen molar-refractivity contribution in [2.45, 2.75) is 6.92 Å². The molecule has 0 atom stereocenters. The molecule has 0 spiro atoms. The highest BCUT2D eigenvalue weighted by Crippen LogP contribution is 2.33. The van der Waals surface area contributed by atoms with Gasteiger partial charge < -0.3 is 14.2 Å². The van der Waals surface area contributed by atoms with Crippen LogP contribution in [0.3, 0.4) is 0 Å². The van der Waals surface area contributed by atoms with Gasteiger partial charge in [-0.3, -0.25) is 0 Å². The second-order valence-electron chi connectivity index (χ2n) is 5.31. The Balaban J connectivity index is 1.66. The van der Waals surface area contributed by atoms with Gasteiger partial charge in [-0.15, -0.1) is 0 Å². The van der Waals surface area contributed by atoms with Crippen molar-refractivity contribution in [1.29, 1.82) is 0 Å². The van der Waals surface area contributed by atoms with E-state index in [1.807, 2.05) is 31.2 Å². The second-order valence-corrected chi connectivity index (χ2v) is 5.31. The van der Waals surface area contributed by atoms with E-state index in [1.165, 1.54) is 0 Å². The number of ether oxygens (including phenoxy) is 3. The van der Waals surface area contributed by atoms with Crippen molar-refractivity contribution < 1.29 is 19.0 Å². The lowest BCUT2D eigenvalue weighted by Crippen LogP contribution is -2.05.